The van der Waals surface area contributed by atoms with E-state index in [1.807, 2.05) is 0 Å². The third kappa shape index (κ3) is 5.61. The highest BCUT2D eigenvalue weighted by molar-refractivity contribution is 6.67. The monoisotopic (exact) mass is 847 g/mol. The van der Waals surface area contributed by atoms with E-state index in [1.54, 1.807) is 0 Å². The fraction of sp³-hybridized carbons (Fsp3) is 0.0690. The Labute approximate surface area is 403 Å². The zero-order valence-corrected chi connectivity index (χ0v) is 40.5. The largest absolute Gasteiger partial charge is 0.310 e. The van der Waals surface area contributed by atoms with Crippen LogP contribution in [-0.2, 0) is 10.8 Å². The molecule has 9 heteroatoms. The third-order valence-electron chi connectivity index (χ3n) is 16.9. The highest BCUT2D eigenvalue weighted by Gasteiger charge is 2.54. The predicted molar refractivity (Wildman–Crippen MR) is 311 cm³/mol. The first-order chi connectivity index (χ1) is 32.3. The van der Waals surface area contributed by atoms with Crippen LogP contribution in [0.3, 0.4) is 0 Å². The normalized spacial score (nSPS) is 13.9. The van der Waals surface area contributed by atoms with Crippen molar-refractivity contribution < 1.29 is 0 Å². The standard InChI is InChI=1S/C58H49B8N/c1-57(2)40-16-8-6-13-37(40)38-28-27-35(29-43(38)57)67(33-23-19-31(20-24-33)30-11-4-3-5-12-30)34-25-21-32(22-26-34)36-15-10-18-42-44(36)39-14-7-9-17-41(39)58(42)47-45(49(59)53(63)55(65)51(47)61)46-48(58)52(62)56(66)54(64)50(46)60/h3-29H,59-66H2,1-2H3. The van der Waals surface area contributed by atoms with Gasteiger partial charge in [0.05, 0.1) is 5.41 Å². The van der Waals surface area contributed by atoms with Crippen LogP contribution >= 0.6 is 0 Å². The second-order valence-electron chi connectivity index (χ2n) is 20.2. The van der Waals surface area contributed by atoms with E-state index in [0.717, 1.165) is 17.1 Å². The summed E-state index contributed by atoms with van der Waals surface area (Å²) in [6.45, 7) is 4.74. The van der Waals surface area contributed by atoms with Crippen molar-refractivity contribution in [1.82, 2.24) is 0 Å². The number of nitrogens with zero attached hydrogens (tertiary/aromatic N) is 1. The van der Waals surface area contributed by atoms with Crippen molar-refractivity contribution in [2.75, 3.05) is 4.90 Å². The zero-order valence-electron chi connectivity index (χ0n) is 40.5. The molecule has 0 aromatic heterocycles. The van der Waals surface area contributed by atoms with Crippen LogP contribution in [0.4, 0.5) is 17.1 Å². The summed E-state index contributed by atoms with van der Waals surface area (Å²) in [4.78, 5) is 2.44. The van der Waals surface area contributed by atoms with Gasteiger partial charge in [0, 0.05) is 22.5 Å². The van der Waals surface area contributed by atoms with Gasteiger partial charge >= 0.3 is 0 Å². The Bertz CT molecular complexity index is 3510. The topological polar surface area (TPSA) is 3.24 Å². The Kier molecular flexibility index (Phi) is 9.28. The molecule has 67 heavy (non-hydrogen) atoms. The molecular weight excluding hydrogens is 797 g/mol. The van der Waals surface area contributed by atoms with Gasteiger partial charge in [-0.25, -0.2) is 0 Å². The summed E-state index contributed by atoms with van der Waals surface area (Å²) >= 11 is 0. The van der Waals surface area contributed by atoms with Crippen LogP contribution in [0.2, 0.25) is 0 Å². The second-order valence-corrected chi connectivity index (χ2v) is 20.2. The molecule has 0 atom stereocenters. The van der Waals surface area contributed by atoms with Gasteiger partial charge in [-0.3, -0.25) is 0 Å². The first-order valence-corrected chi connectivity index (χ1v) is 24.1. The molecular formula is C58H49B8N. The summed E-state index contributed by atoms with van der Waals surface area (Å²) in [6, 6.07) is 61.6. The van der Waals surface area contributed by atoms with E-state index in [1.165, 1.54) is 133 Å². The molecule has 0 aliphatic heterocycles. The minimum atomic E-state index is -0.434. The summed E-state index contributed by atoms with van der Waals surface area (Å²) in [5.41, 5.74) is 35.8. The highest BCUT2D eigenvalue weighted by atomic mass is 15.1. The van der Waals surface area contributed by atoms with E-state index in [2.05, 4.69) is 245 Å². The van der Waals surface area contributed by atoms with Gasteiger partial charge in [0.2, 0.25) is 0 Å². The molecule has 12 rings (SSSR count). The number of hydrogen-bond acceptors (Lipinski definition) is 1. The smallest absolute Gasteiger partial charge is 0.139 e. The minimum Gasteiger partial charge on any atom is -0.310 e. The lowest BCUT2D eigenvalue weighted by molar-refractivity contribution is 0.660. The molecule has 3 aliphatic rings. The lowest BCUT2D eigenvalue weighted by Gasteiger charge is -2.35. The van der Waals surface area contributed by atoms with Gasteiger partial charge in [0.15, 0.2) is 0 Å². The number of rotatable bonds is 5. The highest BCUT2D eigenvalue weighted by Crippen LogP contribution is 2.62. The van der Waals surface area contributed by atoms with Gasteiger partial charge in [0.25, 0.3) is 0 Å². The Morgan fingerprint density at radius 1 is 0.313 bits per heavy atom. The molecule has 0 fully saturated rings. The molecule has 0 saturated carbocycles. The summed E-state index contributed by atoms with van der Waals surface area (Å²) in [5.74, 6) is 0. The van der Waals surface area contributed by atoms with Crippen molar-refractivity contribution in [2.45, 2.75) is 24.7 Å². The molecule has 0 N–H and O–H groups in total. The van der Waals surface area contributed by atoms with Crippen LogP contribution < -0.4 is 48.6 Å². The minimum absolute atomic E-state index is 0.111. The van der Waals surface area contributed by atoms with Crippen molar-refractivity contribution in [2.24, 2.45) is 0 Å². The molecule has 9 aromatic rings. The SMILES string of the molecule is Bc1c(B)c(B)c2c(c1B)-c1c(B)c(B)c(B)c(B)c1C21c2ccccc2-c2c(-c3ccc(N(c4ccc(-c5ccccc5)cc4)c4ccc5c(c4)C(C)(C)c4ccccc4-5)cc3)cccc21. The van der Waals surface area contributed by atoms with Gasteiger partial charge in [-0.2, -0.15) is 0 Å². The van der Waals surface area contributed by atoms with Crippen molar-refractivity contribution in [1.29, 1.82) is 0 Å². The summed E-state index contributed by atoms with van der Waals surface area (Å²) in [6.07, 6.45) is 0. The number of fused-ring (bicyclic) bond motifs is 13. The van der Waals surface area contributed by atoms with E-state index in [-0.39, 0.29) is 5.41 Å². The van der Waals surface area contributed by atoms with Crippen molar-refractivity contribution in [3.63, 3.8) is 0 Å². The van der Waals surface area contributed by atoms with Crippen molar-refractivity contribution >= 4 is 124 Å². The first kappa shape index (κ1) is 41.7. The van der Waals surface area contributed by atoms with Gasteiger partial charge in [0.1, 0.15) is 62.8 Å². The maximum absolute atomic E-state index is 2.45. The third-order valence-corrected chi connectivity index (χ3v) is 16.9. The van der Waals surface area contributed by atoms with E-state index in [0.29, 0.717) is 0 Å². The molecule has 9 aromatic carbocycles. The average molecular weight is 847 g/mol. The quantitative estimate of drug-likeness (QED) is 0.236. The summed E-state index contributed by atoms with van der Waals surface area (Å²) in [7, 11) is 18.9. The van der Waals surface area contributed by atoms with Crippen LogP contribution in [0.15, 0.2) is 164 Å². The van der Waals surface area contributed by atoms with E-state index < -0.39 is 5.41 Å². The van der Waals surface area contributed by atoms with Crippen LogP contribution in [0.25, 0.3) is 55.6 Å². The van der Waals surface area contributed by atoms with Crippen LogP contribution in [0.5, 0.6) is 0 Å². The van der Waals surface area contributed by atoms with Crippen LogP contribution in [-0.4, -0.2) is 62.8 Å². The number of hydrogen-bond donors (Lipinski definition) is 0. The Morgan fingerprint density at radius 3 is 1.37 bits per heavy atom. The molecule has 0 unspecified atom stereocenters. The molecule has 1 spiro atoms. The van der Waals surface area contributed by atoms with Gasteiger partial charge in [-0.05, 0) is 125 Å². The van der Waals surface area contributed by atoms with Gasteiger partial charge < -0.3 is 4.90 Å². The molecule has 0 radical (unpaired) electrons. The van der Waals surface area contributed by atoms with Gasteiger partial charge in [-0.15, -0.1) is 21.9 Å². The number of anilines is 3. The van der Waals surface area contributed by atoms with Crippen LogP contribution in [0, 0.1) is 0 Å². The lowest BCUT2D eigenvalue weighted by Crippen LogP contribution is -2.52. The molecule has 0 bridgehead atoms. The van der Waals surface area contributed by atoms with E-state index in [9.17, 15) is 0 Å². The Morgan fingerprint density at radius 2 is 0.761 bits per heavy atom. The number of benzene rings is 9. The van der Waals surface area contributed by atoms with Crippen LogP contribution in [0.1, 0.15) is 47.2 Å². The fourth-order valence-electron chi connectivity index (χ4n) is 12.9. The molecule has 0 amide bonds. The fourth-order valence-corrected chi connectivity index (χ4v) is 12.9. The molecule has 0 heterocycles. The Balaban J connectivity index is 1.05. The molecule has 310 valence electrons. The van der Waals surface area contributed by atoms with Gasteiger partial charge in [-0.1, -0.05) is 163 Å². The van der Waals surface area contributed by atoms with Crippen molar-refractivity contribution in [3.05, 3.63) is 197 Å². The summed E-state index contributed by atoms with van der Waals surface area (Å²) < 4.78 is 0. The predicted octanol–water partition coefficient (Wildman–Crippen LogP) is 1.21. The van der Waals surface area contributed by atoms with E-state index in [4.69, 9.17) is 0 Å². The molecule has 0 saturated heterocycles. The lowest BCUT2D eigenvalue weighted by atomic mass is 9.57. The maximum Gasteiger partial charge on any atom is 0.139 e. The van der Waals surface area contributed by atoms with Crippen molar-refractivity contribution in [3.8, 4) is 55.6 Å². The average Bonchev–Trinajstić information content (AvgIpc) is 3.93. The second kappa shape index (κ2) is 14.9. The van der Waals surface area contributed by atoms with E-state index >= 15 is 0 Å². The molecule has 1 nitrogen and oxygen atoms in total. The zero-order chi connectivity index (χ0) is 46.3. The first-order valence-electron chi connectivity index (χ1n) is 24.1. The Hall–Kier alpha value is -6.70. The maximum atomic E-state index is 2.45. The molecule has 3 aliphatic carbocycles. The summed E-state index contributed by atoms with van der Waals surface area (Å²) in [5, 5.41) is 0.